The van der Waals surface area contributed by atoms with Crippen molar-refractivity contribution >= 4 is 27.8 Å². The number of aryl methyl sites for hydroxylation is 1. The molecule has 0 radical (unpaired) electrons. The molecule has 0 bridgehead atoms. The van der Waals surface area contributed by atoms with Gasteiger partial charge >= 0.3 is 0 Å². The number of aromatic nitrogens is 3. The van der Waals surface area contributed by atoms with Gasteiger partial charge < -0.3 is 14.0 Å². The minimum atomic E-state index is -0.00117. The molecule has 5 heteroatoms. The van der Waals surface area contributed by atoms with Gasteiger partial charge in [-0.25, -0.2) is 0 Å². The second kappa shape index (κ2) is 6.58. The predicted molar refractivity (Wildman–Crippen MR) is 109 cm³/mol. The van der Waals surface area contributed by atoms with Crippen LogP contribution in [0.3, 0.4) is 0 Å². The van der Waals surface area contributed by atoms with Crippen molar-refractivity contribution in [3.63, 3.8) is 0 Å². The van der Waals surface area contributed by atoms with Crippen molar-refractivity contribution in [1.82, 2.24) is 19.0 Å². The summed E-state index contributed by atoms with van der Waals surface area (Å²) in [6.07, 6.45) is 1.75. The maximum Gasteiger partial charge on any atom is 0.270 e. The number of pyridine rings is 1. The zero-order valence-electron chi connectivity index (χ0n) is 16.2. The maximum absolute atomic E-state index is 13.1. The molecule has 0 fully saturated rings. The van der Waals surface area contributed by atoms with Crippen LogP contribution in [-0.2, 0) is 13.6 Å². The van der Waals surface area contributed by atoms with Crippen molar-refractivity contribution in [2.75, 3.05) is 7.05 Å². The Balaban J connectivity index is 1.80. The average Bonchev–Trinajstić information content (AvgIpc) is 3.16. The number of amides is 1. The number of fused-ring (bicyclic) bond motifs is 3. The number of nitrogens with zero attached hydrogens (tertiary/aromatic N) is 4. The summed E-state index contributed by atoms with van der Waals surface area (Å²) in [6, 6.07) is 16.5. The number of hydrogen-bond acceptors (Lipinski definition) is 2. The Morgan fingerprint density at radius 1 is 1.11 bits per heavy atom. The van der Waals surface area contributed by atoms with E-state index in [9.17, 15) is 4.79 Å². The molecule has 3 heterocycles. The van der Waals surface area contributed by atoms with E-state index in [1.807, 2.05) is 49.0 Å². The lowest BCUT2D eigenvalue weighted by Gasteiger charge is -2.17. The topological polar surface area (TPSA) is 43.1 Å². The average molecular weight is 360 g/mol. The molecule has 0 aliphatic heterocycles. The van der Waals surface area contributed by atoms with Crippen molar-refractivity contribution < 1.29 is 4.79 Å². The Morgan fingerprint density at radius 2 is 1.85 bits per heavy atom. The van der Waals surface area contributed by atoms with Gasteiger partial charge in [-0.15, -0.1) is 0 Å². The molecule has 1 aromatic carbocycles. The third-order valence-electron chi connectivity index (χ3n) is 5.10. The van der Waals surface area contributed by atoms with Gasteiger partial charge in [0.15, 0.2) is 0 Å². The Kier molecular flexibility index (Phi) is 4.22. The molecule has 3 aromatic heterocycles. The van der Waals surface area contributed by atoms with Crippen LogP contribution in [0.2, 0.25) is 0 Å². The fourth-order valence-electron chi connectivity index (χ4n) is 3.87. The Labute approximate surface area is 158 Å². The van der Waals surface area contributed by atoms with Crippen LogP contribution >= 0.6 is 0 Å². The van der Waals surface area contributed by atoms with Crippen LogP contribution in [0.1, 0.15) is 36.1 Å². The molecule has 0 aliphatic rings. The molecule has 0 saturated heterocycles. The molecule has 0 spiro atoms. The number of hydrogen-bond donors (Lipinski definition) is 0. The number of carbonyl (C=O) groups is 1. The molecule has 138 valence electrons. The summed E-state index contributed by atoms with van der Waals surface area (Å²) in [5.74, 6) is -0.00117. The molecule has 0 aliphatic carbocycles. The van der Waals surface area contributed by atoms with E-state index in [-0.39, 0.29) is 5.91 Å². The fraction of sp³-hybridized carbons (Fsp3) is 0.273. The lowest BCUT2D eigenvalue weighted by Crippen LogP contribution is -2.28. The molecule has 0 atom stereocenters. The van der Waals surface area contributed by atoms with Crippen LogP contribution in [0.25, 0.3) is 21.9 Å². The minimum absolute atomic E-state index is 0.00117. The van der Waals surface area contributed by atoms with Crippen LogP contribution in [0.5, 0.6) is 0 Å². The Bertz CT molecular complexity index is 1120. The zero-order chi connectivity index (χ0) is 19.1. The Hall–Kier alpha value is -3.08. The third-order valence-corrected chi connectivity index (χ3v) is 5.10. The van der Waals surface area contributed by atoms with Gasteiger partial charge in [-0.05, 0) is 38.1 Å². The van der Waals surface area contributed by atoms with Crippen LogP contribution in [0.4, 0.5) is 0 Å². The summed E-state index contributed by atoms with van der Waals surface area (Å²) in [5.41, 5.74) is 4.98. The fourth-order valence-corrected chi connectivity index (χ4v) is 3.87. The first-order valence-corrected chi connectivity index (χ1v) is 9.22. The van der Waals surface area contributed by atoms with Gasteiger partial charge in [-0.2, -0.15) is 0 Å². The van der Waals surface area contributed by atoms with E-state index in [1.54, 1.807) is 11.1 Å². The van der Waals surface area contributed by atoms with E-state index in [0.29, 0.717) is 18.3 Å². The molecule has 4 rings (SSSR count). The van der Waals surface area contributed by atoms with Crippen LogP contribution in [0, 0.1) is 0 Å². The first-order chi connectivity index (χ1) is 13.0. The van der Waals surface area contributed by atoms with E-state index < -0.39 is 0 Å². The maximum atomic E-state index is 13.1. The van der Waals surface area contributed by atoms with Gasteiger partial charge in [-0.3, -0.25) is 9.78 Å². The van der Waals surface area contributed by atoms with E-state index >= 15 is 0 Å². The molecule has 4 aromatic rings. The van der Waals surface area contributed by atoms with E-state index in [0.717, 1.165) is 16.7 Å². The summed E-state index contributed by atoms with van der Waals surface area (Å²) in [4.78, 5) is 19.2. The molecular formula is C22H24N4O. The minimum Gasteiger partial charge on any atom is -0.338 e. The molecule has 1 amide bonds. The monoisotopic (exact) mass is 360 g/mol. The molecule has 0 unspecified atom stereocenters. The number of carbonyl (C=O) groups excluding carboxylic acids is 1. The highest BCUT2D eigenvalue weighted by molar-refractivity contribution is 6.10. The van der Waals surface area contributed by atoms with E-state index in [1.165, 1.54) is 10.9 Å². The van der Waals surface area contributed by atoms with Crippen LogP contribution < -0.4 is 0 Å². The molecule has 27 heavy (non-hydrogen) atoms. The third kappa shape index (κ3) is 2.79. The van der Waals surface area contributed by atoms with Gasteiger partial charge in [0, 0.05) is 31.7 Å². The van der Waals surface area contributed by atoms with Gasteiger partial charge in [0.25, 0.3) is 5.91 Å². The zero-order valence-corrected chi connectivity index (χ0v) is 16.2. The second-order valence-corrected chi connectivity index (χ2v) is 7.29. The summed E-state index contributed by atoms with van der Waals surface area (Å²) < 4.78 is 4.33. The summed E-state index contributed by atoms with van der Waals surface area (Å²) in [7, 11) is 3.80. The number of rotatable bonds is 4. The molecule has 0 N–H and O–H groups in total. The van der Waals surface area contributed by atoms with Crippen molar-refractivity contribution in [3.8, 4) is 0 Å². The lowest BCUT2D eigenvalue weighted by molar-refractivity contribution is 0.0774. The SMILES string of the molecule is CC(C)n1c2ccccc2c2c1cc(C(=O)N(C)Cc1ccccn1)n2C. The first kappa shape index (κ1) is 17.3. The first-order valence-electron chi connectivity index (χ1n) is 9.22. The van der Waals surface area contributed by atoms with Crippen molar-refractivity contribution in [3.05, 3.63) is 66.1 Å². The van der Waals surface area contributed by atoms with Crippen molar-refractivity contribution in [1.29, 1.82) is 0 Å². The van der Waals surface area contributed by atoms with Gasteiger partial charge in [0.1, 0.15) is 5.69 Å². The lowest BCUT2D eigenvalue weighted by atomic mass is 10.2. The largest absolute Gasteiger partial charge is 0.338 e. The highest BCUT2D eigenvalue weighted by Gasteiger charge is 2.23. The predicted octanol–water partition coefficient (Wildman–Crippen LogP) is 4.38. The van der Waals surface area contributed by atoms with Crippen molar-refractivity contribution in [2.24, 2.45) is 7.05 Å². The number of benzene rings is 1. The van der Waals surface area contributed by atoms with Crippen LogP contribution in [0.15, 0.2) is 54.7 Å². The number of para-hydroxylation sites is 1. The summed E-state index contributed by atoms with van der Waals surface area (Å²) >= 11 is 0. The Morgan fingerprint density at radius 3 is 2.56 bits per heavy atom. The van der Waals surface area contributed by atoms with E-state index in [2.05, 4.69) is 41.6 Å². The summed E-state index contributed by atoms with van der Waals surface area (Å²) in [5, 5.41) is 1.18. The van der Waals surface area contributed by atoms with Gasteiger partial charge in [0.05, 0.1) is 28.8 Å². The van der Waals surface area contributed by atoms with E-state index in [4.69, 9.17) is 0 Å². The summed E-state index contributed by atoms with van der Waals surface area (Å²) in [6.45, 7) is 4.83. The quantitative estimate of drug-likeness (QED) is 0.542. The van der Waals surface area contributed by atoms with Gasteiger partial charge in [-0.1, -0.05) is 24.3 Å². The highest BCUT2D eigenvalue weighted by Crippen LogP contribution is 2.33. The molecule has 5 nitrogen and oxygen atoms in total. The van der Waals surface area contributed by atoms with Crippen LogP contribution in [-0.4, -0.2) is 32.0 Å². The highest BCUT2D eigenvalue weighted by atomic mass is 16.2. The second-order valence-electron chi connectivity index (χ2n) is 7.29. The van der Waals surface area contributed by atoms with Gasteiger partial charge in [0.2, 0.25) is 0 Å². The molecule has 0 saturated carbocycles. The molecular weight excluding hydrogens is 336 g/mol. The standard InChI is InChI=1S/C22H24N4O/c1-15(2)26-18-11-6-5-10-17(18)21-19(26)13-20(25(21)4)22(27)24(3)14-16-9-7-8-12-23-16/h5-13,15H,14H2,1-4H3. The van der Waals surface area contributed by atoms with Crippen molar-refractivity contribution in [2.45, 2.75) is 26.4 Å². The normalized spacial score (nSPS) is 11.6. The smallest absolute Gasteiger partial charge is 0.270 e.